The first-order chi connectivity index (χ1) is 11.9. The molecule has 0 bridgehead atoms. The average Bonchev–Trinajstić information content (AvgIpc) is 2.58. The maximum absolute atomic E-state index is 12.7. The number of non-ortho nitro benzene ring substituents is 1. The first-order valence-corrected chi connectivity index (χ1v) is 8.55. The molecular formula is C18H14FNO4S. The van der Waals surface area contributed by atoms with E-state index in [0.29, 0.717) is 0 Å². The van der Waals surface area contributed by atoms with E-state index in [0.717, 1.165) is 11.1 Å². The third-order valence-electron chi connectivity index (χ3n) is 3.18. The Bertz CT molecular complexity index is 928. The highest BCUT2D eigenvalue weighted by Gasteiger charge is 2.09. The predicted octanol–water partition coefficient (Wildman–Crippen LogP) is 4.54. The third-order valence-corrected chi connectivity index (χ3v) is 4.01. The number of rotatable bonds is 6. The lowest BCUT2D eigenvalue weighted by Gasteiger charge is -1.95. The average molecular weight is 359 g/mol. The molecule has 0 aliphatic rings. The van der Waals surface area contributed by atoms with Crippen LogP contribution in [0.5, 0.6) is 0 Å². The van der Waals surface area contributed by atoms with Crippen molar-refractivity contribution in [3.05, 3.63) is 94.1 Å². The van der Waals surface area contributed by atoms with Crippen molar-refractivity contribution in [2.24, 2.45) is 0 Å². The molecule has 0 saturated heterocycles. The molecule has 0 unspecified atom stereocenters. The summed E-state index contributed by atoms with van der Waals surface area (Å²) in [6.07, 6.45) is 10.6. The van der Waals surface area contributed by atoms with Gasteiger partial charge in [0.2, 0.25) is 0 Å². The van der Waals surface area contributed by atoms with E-state index in [1.54, 1.807) is 48.6 Å². The molecule has 0 spiro atoms. The number of hydrogen-bond donors (Lipinski definition) is 0. The fraction of sp³-hybridized carbons (Fsp3) is 0. The lowest BCUT2D eigenvalue weighted by molar-refractivity contribution is -0.384. The van der Waals surface area contributed by atoms with Gasteiger partial charge in [0, 0.05) is 12.1 Å². The second-order valence-electron chi connectivity index (χ2n) is 4.96. The summed E-state index contributed by atoms with van der Waals surface area (Å²) in [7, 11) is -4.67. The number of nitro groups is 1. The molecule has 0 aliphatic carbocycles. The van der Waals surface area contributed by atoms with Gasteiger partial charge in [0.1, 0.15) is 0 Å². The minimum Gasteiger partial charge on any atom is -0.258 e. The second-order valence-corrected chi connectivity index (χ2v) is 6.31. The number of benzene rings is 2. The second kappa shape index (κ2) is 8.16. The van der Waals surface area contributed by atoms with Crippen molar-refractivity contribution in [1.82, 2.24) is 0 Å². The Kier molecular flexibility index (Phi) is 5.97. The third kappa shape index (κ3) is 5.82. The highest BCUT2D eigenvalue weighted by molar-refractivity contribution is 7.86. The van der Waals surface area contributed by atoms with Gasteiger partial charge in [0.25, 0.3) is 5.69 Å². The smallest absolute Gasteiger partial charge is 0.258 e. The van der Waals surface area contributed by atoms with E-state index in [1.807, 2.05) is 0 Å². The van der Waals surface area contributed by atoms with E-state index in [4.69, 9.17) is 0 Å². The largest absolute Gasteiger partial charge is 0.332 e. The zero-order valence-electron chi connectivity index (χ0n) is 12.9. The van der Waals surface area contributed by atoms with Crippen LogP contribution in [0.15, 0.2) is 77.7 Å². The minimum absolute atomic E-state index is 0.0437. The molecule has 25 heavy (non-hydrogen) atoms. The summed E-state index contributed by atoms with van der Waals surface area (Å²) in [5.74, 6) is 0. The molecule has 0 atom stereocenters. The molecule has 0 radical (unpaired) electrons. The zero-order chi connectivity index (χ0) is 18.3. The molecule has 0 N–H and O–H groups in total. The van der Waals surface area contributed by atoms with Crippen molar-refractivity contribution in [3.63, 3.8) is 0 Å². The highest BCUT2D eigenvalue weighted by atomic mass is 32.3. The molecule has 0 saturated carbocycles. The Morgan fingerprint density at radius 1 is 0.800 bits per heavy atom. The van der Waals surface area contributed by atoms with Gasteiger partial charge >= 0.3 is 10.2 Å². The molecule has 128 valence electrons. The summed E-state index contributed by atoms with van der Waals surface area (Å²) in [5.41, 5.74) is 1.61. The standard InChI is InChI=1S/C18H14FNO4S/c19-25(23,24)18-13-9-16(10-14-18)6-4-2-1-3-5-15-7-11-17(12-8-15)20(21)22/h1-14H/b2-1+,5-3+,6-4+. The number of hydrogen-bond acceptors (Lipinski definition) is 4. The molecule has 2 rings (SSSR count). The van der Waals surface area contributed by atoms with Gasteiger partial charge < -0.3 is 0 Å². The molecule has 0 heterocycles. The molecule has 7 heteroatoms. The Labute approximate surface area is 144 Å². The van der Waals surface area contributed by atoms with Gasteiger partial charge in [0.05, 0.1) is 9.82 Å². The van der Waals surface area contributed by atoms with Crippen molar-refractivity contribution in [1.29, 1.82) is 0 Å². The van der Waals surface area contributed by atoms with Gasteiger partial charge in [0.15, 0.2) is 0 Å². The lowest BCUT2D eigenvalue weighted by atomic mass is 10.2. The normalized spacial score (nSPS) is 12.4. The van der Waals surface area contributed by atoms with E-state index in [-0.39, 0.29) is 10.6 Å². The van der Waals surface area contributed by atoms with E-state index >= 15 is 0 Å². The van der Waals surface area contributed by atoms with Crippen LogP contribution in [0, 0.1) is 10.1 Å². The van der Waals surface area contributed by atoms with Gasteiger partial charge in [-0.05, 0) is 35.4 Å². The van der Waals surface area contributed by atoms with Crippen molar-refractivity contribution >= 4 is 28.1 Å². The fourth-order valence-electron chi connectivity index (χ4n) is 1.91. The van der Waals surface area contributed by atoms with Crippen LogP contribution in [0.3, 0.4) is 0 Å². The van der Waals surface area contributed by atoms with Crippen LogP contribution in [0.2, 0.25) is 0 Å². The Morgan fingerprint density at radius 2 is 1.24 bits per heavy atom. The lowest BCUT2D eigenvalue weighted by Crippen LogP contribution is -1.90. The predicted molar refractivity (Wildman–Crippen MR) is 95.0 cm³/mol. The number of nitro benzene ring substituents is 1. The summed E-state index contributed by atoms with van der Waals surface area (Å²) in [6, 6.07) is 11.6. The summed E-state index contributed by atoms with van der Waals surface area (Å²) in [4.78, 5) is 9.73. The van der Waals surface area contributed by atoms with E-state index in [2.05, 4.69) is 0 Å². The van der Waals surface area contributed by atoms with Gasteiger partial charge in [-0.1, -0.05) is 48.6 Å². The molecular weight excluding hydrogens is 345 g/mol. The molecule has 0 amide bonds. The van der Waals surface area contributed by atoms with Crippen LogP contribution in [0.1, 0.15) is 11.1 Å². The number of allylic oxidation sites excluding steroid dienone is 4. The van der Waals surface area contributed by atoms with Crippen molar-refractivity contribution < 1.29 is 17.2 Å². The molecule has 2 aromatic carbocycles. The molecule has 0 aliphatic heterocycles. The van der Waals surface area contributed by atoms with E-state index in [9.17, 15) is 22.4 Å². The number of nitrogens with zero attached hydrogens (tertiary/aromatic N) is 1. The van der Waals surface area contributed by atoms with Crippen LogP contribution in [0.25, 0.3) is 12.2 Å². The summed E-state index contributed by atoms with van der Waals surface area (Å²) < 4.78 is 34.2. The van der Waals surface area contributed by atoms with Crippen LogP contribution >= 0.6 is 0 Å². The van der Waals surface area contributed by atoms with Crippen molar-refractivity contribution in [2.75, 3.05) is 0 Å². The summed E-state index contributed by atoms with van der Waals surface area (Å²) >= 11 is 0. The molecule has 5 nitrogen and oxygen atoms in total. The topological polar surface area (TPSA) is 77.3 Å². The maximum Gasteiger partial charge on any atom is 0.332 e. The molecule has 0 aromatic heterocycles. The Morgan fingerprint density at radius 3 is 1.64 bits per heavy atom. The fourth-order valence-corrected chi connectivity index (χ4v) is 2.37. The monoisotopic (exact) mass is 359 g/mol. The van der Waals surface area contributed by atoms with E-state index < -0.39 is 15.1 Å². The summed E-state index contributed by atoms with van der Waals surface area (Å²) in [6.45, 7) is 0. The Hall–Kier alpha value is -3.06. The van der Waals surface area contributed by atoms with Crippen LogP contribution in [0.4, 0.5) is 9.57 Å². The number of halogens is 1. The Balaban J connectivity index is 1.92. The van der Waals surface area contributed by atoms with Crippen LogP contribution in [-0.2, 0) is 10.2 Å². The van der Waals surface area contributed by atoms with Gasteiger partial charge in [-0.2, -0.15) is 8.42 Å². The molecule has 0 fully saturated rings. The van der Waals surface area contributed by atoms with Crippen molar-refractivity contribution in [2.45, 2.75) is 4.90 Å². The summed E-state index contributed by atoms with van der Waals surface area (Å²) in [5, 5.41) is 10.5. The van der Waals surface area contributed by atoms with Crippen LogP contribution in [-0.4, -0.2) is 13.3 Å². The van der Waals surface area contributed by atoms with Gasteiger partial charge in [-0.15, -0.1) is 3.89 Å². The van der Waals surface area contributed by atoms with Crippen molar-refractivity contribution in [3.8, 4) is 0 Å². The van der Waals surface area contributed by atoms with Gasteiger partial charge in [-0.3, -0.25) is 10.1 Å². The first kappa shape index (κ1) is 18.3. The van der Waals surface area contributed by atoms with Crippen LogP contribution < -0.4 is 0 Å². The quantitative estimate of drug-likeness (QED) is 0.328. The zero-order valence-corrected chi connectivity index (χ0v) is 13.8. The highest BCUT2D eigenvalue weighted by Crippen LogP contribution is 2.14. The van der Waals surface area contributed by atoms with E-state index in [1.165, 1.54) is 36.4 Å². The van der Waals surface area contributed by atoms with Gasteiger partial charge in [-0.25, -0.2) is 0 Å². The first-order valence-electron chi connectivity index (χ1n) is 7.17. The maximum atomic E-state index is 12.7. The SMILES string of the molecule is O=[N+]([O-])c1ccc(/C=C/C=C/C=C/c2ccc(S(=O)(=O)F)cc2)cc1. The minimum atomic E-state index is -4.67. The molecule has 2 aromatic rings.